The molecular weight excluding hydrogens is 284 g/mol. The summed E-state index contributed by atoms with van der Waals surface area (Å²) in [6.07, 6.45) is 8.45. The normalized spacial score (nSPS) is 20.5. The minimum atomic E-state index is -0.123. The van der Waals surface area contributed by atoms with E-state index in [0.29, 0.717) is 12.5 Å². The number of benzene rings is 1. The maximum atomic E-state index is 12.7. The van der Waals surface area contributed by atoms with E-state index in [2.05, 4.69) is 36.1 Å². The molecule has 2 fully saturated rings. The molecule has 1 aromatic rings. The molecule has 0 radical (unpaired) electrons. The second kappa shape index (κ2) is 6.94. The topological polar surface area (TPSA) is 23.6 Å². The number of hydrogen-bond donors (Lipinski definition) is 0. The van der Waals surface area contributed by atoms with Gasteiger partial charge in [0, 0.05) is 37.8 Å². The predicted octanol–water partition coefficient (Wildman–Crippen LogP) is 4.22. The van der Waals surface area contributed by atoms with Gasteiger partial charge in [-0.1, -0.05) is 31.9 Å². The molecule has 1 aromatic carbocycles. The lowest BCUT2D eigenvalue weighted by Gasteiger charge is -2.30. The summed E-state index contributed by atoms with van der Waals surface area (Å²) >= 11 is 0. The summed E-state index contributed by atoms with van der Waals surface area (Å²) in [5, 5.41) is 0. The van der Waals surface area contributed by atoms with E-state index < -0.39 is 0 Å². The summed E-state index contributed by atoms with van der Waals surface area (Å²) in [6, 6.07) is 8.81. The summed E-state index contributed by atoms with van der Waals surface area (Å²) in [6.45, 7) is 5.21. The molecule has 0 N–H and O–H groups in total. The Bertz CT molecular complexity index is 525. The zero-order chi connectivity index (χ0) is 16.3. The molecule has 1 saturated heterocycles. The smallest absolute Gasteiger partial charge is 0.228 e. The van der Waals surface area contributed by atoms with Gasteiger partial charge in [-0.3, -0.25) is 4.79 Å². The number of nitrogens with zero attached hydrogens (tertiary/aromatic N) is 2. The van der Waals surface area contributed by atoms with Crippen molar-refractivity contribution in [1.29, 1.82) is 0 Å². The van der Waals surface area contributed by atoms with Crippen LogP contribution in [0.5, 0.6) is 0 Å². The van der Waals surface area contributed by atoms with Crippen LogP contribution in [-0.2, 0) is 11.3 Å². The number of anilines is 1. The number of amides is 1. The Morgan fingerprint density at radius 1 is 1.04 bits per heavy atom. The van der Waals surface area contributed by atoms with E-state index in [0.717, 1.165) is 12.8 Å². The molecule has 1 saturated carbocycles. The zero-order valence-corrected chi connectivity index (χ0v) is 14.7. The summed E-state index contributed by atoms with van der Waals surface area (Å²) in [4.78, 5) is 17.1. The van der Waals surface area contributed by atoms with Gasteiger partial charge in [0.05, 0.1) is 0 Å². The van der Waals surface area contributed by atoms with Crippen molar-refractivity contribution in [2.75, 3.05) is 25.0 Å². The Labute approximate surface area is 140 Å². The highest BCUT2D eigenvalue weighted by molar-refractivity contribution is 5.82. The molecule has 1 aliphatic heterocycles. The van der Waals surface area contributed by atoms with Gasteiger partial charge in [0.15, 0.2) is 0 Å². The summed E-state index contributed by atoms with van der Waals surface area (Å²) < 4.78 is 0. The Hall–Kier alpha value is -1.51. The molecule has 0 aromatic heterocycles. The van der Waals surface area contributed by atoms with E-state index in [1.807, 2.05) is 11.9 Å². The highest BCUT2D eigenvalue weighted by Crippen LogP contribution is 2.39. The van der Waals surface area contributed by atoms with Crippen molar-refractivity contribution in [2.24, 2.45) is 5.41 Å². The zero-order valence-electron chi connectivity index (χ0n) is 14.7. The van der Waals surface area contributed by atoms with Crippen LogP contribution in [0.4, 0.5) is 5.69 Å². The number of carbonyl (C=O) groups excluding carboxylic acids is 1. The first kappa shape index (κ1) is 16.4. The molecule has 0 unspecified atom stereocenters. The van der Waals surface area contributed by atoms with Crippen LogP contribution in [0.1, 0.15) is 57.4 Å². The van der Waals surface area contributed by atoms with Gasteiger partial charge in [0.2, 0.25) is 5.91 Å². The van der Waals surface area contributed by atoms with Crippen LogP contribution in [0.15, 0.2) is 24.3 Å². The van der Waals surface area contributed by atoms with Crippen LogP contribution in [0.25, 0.3) is 0 Å². The van der Waals surface area contributed by atoms with Crippen molar-refractivity contribution in [3.05, 3.63) is 29.8 Å². The van der Waals surface area contributed by atoms with Crippen molar-refractivity contribution in [2.45, 2.75) is 58.4 Å². The van der Waals surface area contributed by atoms with Crippen molar-refractivity contribution in [3.8, 4) is 0 Å². The molecule has 1 heterocycles. The molecule has 0 atom stereocenters. The highest BCUT2D eigenvalue weighted by atomic mass is 16.2. The monoisotopic (exact) mass is 314 g/mol. The van der Waals surface area contributed by atoms with Gasteiger partial charge in [-0.25, -0.2) is 0 Å². The average molecular weight is 314 g/mol. The fraction of sp³-hybridized carbons (Fsp3) is 0.650. The van der Waals surface area contributed by atoms with Gasteiger partial charge in [0.25, 0.3) is 0 Å². The molecule has 0 bridgehead atoms. The Kier molecular flexibility index (Phi) is 4.93. The molecule has 0 spiro atoms. The second-order valence-electron chi connectivity index (χ2n) is 7.64. The molecule has 3 nitrogen and oxygen atoms in total. The number of carbonyl (C=O) groups is 1. The summed E-state index contributed by atoms with van der Waals surface area (Å²) in [5.74, 6) is 0.315. The molecule has 126 valence electrons. The number of hydrogen-bond acceptors (Lipinski definition) is 2. The van der Waals surface area contributed by atoms with Crippen molar-refractivity contribution >= 4 is 11.6 Å². The maximum Gasteiger partial charge on any atom is 0.228 e. The van der Waals surface area contributed by atoms with E-state index in [9.17, 15) is 4.79 Å². The SMILES string of the molecule is CN(Cc1ccc(N2CCCCC2)cc1)C(=O)C1(C)CCCC1. The summed E-state index contributed by atoms with van der Waals surface area (Å²) in [5.41, 5.74) is 2.43. The third-order valence-electron chi connectivity index (χ3n) is 5.65. The van der Waals surface area contributed by atoms with Crippen LogP contribution in [0.3, 0.4) is 0 Å². The van der Waals surface area contributed by atoms with Gasteiger partial charge in [-0.05, 0) is 49.8 Å². The van der Waals surface area contributed by atoms with Crippen LogP contribution in [-0.4, -0.2) is 30.9 Å². The van der Waals surface area contributed by atoms with Gasteiger partial charge >= 0.3 is 0 Å². The first-order valence-corrected chi connectivity index (χ1v) is 9.18. The fourth-order valence-corrected chi connectivity index (χ4v) is 4.14. The van der Waals surface area contributed by atoms with Crippen molar-refractivity contribution in [3.63, 3.8) is 0 Å². The first-order valence-electron chi connectivity index (χ1n) is 9.18. The van der Waals surface area contributed by atoms with Crippen LogP contribution < -0.4 is 4.90 Å². The fourth-order valence-electron chi connectivity index (χ4n) is 4.14. The van der Waals surface area contributed by atoms with Crippen LogP contribution >= 0.6 is 0 Å². The molecular formula is C20H30N2O. The third kappa shape index (κ3) is 3.70. The minimum absolute atomic E-state index is 0.123. The third-order valence-corrected chi connectivity index (χ3v) is 5.65. The molecule has 1 aliphatic carbocycles. The predicted molar refractivity (Wildman–Crippen MR) is 95.6 cm³/mol. The average Bonchev–Trinajstić information content (AvgIpc) is 3.03. The van der Waals surface area contributed by atoms with Crippen molar-refractivity contribution in [1.82, 2.24) is 4.90 Å². The largest absolute Gasteiger partial charge is 0.372 e. The van der Waals surface area contributed by atoms with Crippen LogP contribution in [0, 0.1) is 5.41 Å². The minimum Gasteiger partial charge on any atom is -0.372 e. The van der Waals surface area contributed by atoms with Gasteiger partial charge in [0.1, 0.15) is 0 Å². The second-order valence-corrected chi connectivity index (χ2v) is 7.64. The van der Waals surface area contributed by atoms with Gasteiger partial charge in [-0.2, -0.15) is 0 Å². The van der Waals surface area contributed by atoms with Crippen molar-refractivity contribution < 1.29 is 4.79 Å². The van der Waals surface area contributed by atoms with Gasteiger partial charge < -0.3 is 9.80 Å². The molecule has 1 amide bonds. The van der Waals surface area contributed by atoms with E-state index in [1.165, 1.54) is 56.4 Å². The quantitative estimate of drug-likeness (QED) is 0.831. The Morgan fingerprint density at radius 3 is 2.26 bits per heavy atom. The highest BCUT2D eigenvalue weighted by Gasteiger charge is 2.37. The van der Waals surface area contributed by atoms with E-state index >= 15 is 0 Å². The van der Waals surface area contributed by atoms with E-state index in [1.54, 1.807) is 0 Å². The van der Waals surface area contributed by atoms with Gasteiger partial charge in [-0.15, -0.1) is 0 Å². The Morgan fingerprint density at radius 2 is 1.65 bits per heavy atom. The molecule has 2 aliphatic rings. The standard InChI is InChI=1S/C20H30N2O/c1-20(12-4-5-13-20)19(23)21(2)16-17-8-10-18(11-9-17)22-14-6-3-7-15-22/h8-11H,3-7,12-16H2,1-2H3. The van der Waals surface area contributed by atoms with E-state index in [-0.39, 0.29) is 5.41 Å². The van der Waals surface area contributed by atoms with Crippen LogP contribution in [0.2, 0.25) is 0 Å². The lowest BCUT2D eigenvalue weighted by atomic mass is 9.87. The maximum absolute atomic E-state index is 12.7. The number of piperidine rings is 1. The first-order chi connectivity index (χ1) is 11.1. The van der Waals surface area contributed by atoms with E-state index in [4.69, 9.17) is 0 Å². The Balaban J connectivity index is 1.60. The summed E-state index contributed by atoms with van der Waals surface area (Å²) in [7, 11) is 1.95. The molecule has 3 heteroatoms. The lowest BCUT2D eigenvalue weighted by molar-refractivity contribution is -0.140. The number of rotatable bonds is 4. The lowest BCUT2D eigenvalue weighted by Crippen LogP contribution is -2.38. The molecule has 3 rings (SSSR count). The molecule has 23 heavy (non-hydrogen) atoms.